The van der Waals surface area contributed by atoms with Gasteiger partial charge in [-0.25, -0.2) is 9.37 Å². The van der Waals surface area contributed by atoms with Crippen LogP contribution in [0, 0.1) is 19.7 Å². The minimum atomic E-state index is -0.618. The van der Waals surface area contributed by atoms with Crippen LogP contribution in [0.4, 0.5) is 10.1 Å². The first-order valence-electron chi connectivity index (χ1n) is 16.7. The maximum atomic E-state index is 16.7. The maximum Gasteiger partial charge on any atom is 0.271 e. The van der Waals surface area contributed by atoms with Crippen LogP contribution in [0.2, 0.25) is 0 Å². The molecule has 50 heavy (non-hydrogen) atoms. The standard InChI is InChI=1S/C37H42FN9O3/c1-8-28(48)45-15-17-46(18-16-45)34-24-19-26(38)32(29-22(4)9-10-27-25(29)20-41-43-27)42-35(24)47(33-23(5)11-12-39-31(33)21(2)3)37(50)30(34)36(49)40-13-14-44(6)7/h8-12,19-21H,1,13-18H2,2-7H3,(H,40,49)(H,41,43). The summed E-state index contributed by atoms with van der Waals surface area (Å²) in [6, 6.07) is 6.92. The molecule has 13 heteroatoms. The van der Waals surface area contributed by atoms with E-state index in [0.717, 1.165) is 11.1 Å². The zero-order valence-corrected chi connectivity index (χ0v) is 29.3. The second kappa shape index (κ2) is 13.8. The van der Waals surface area contributed by atoms with Gasteiger partial charge < -0.3 is 20.0 Å². The third kappa shape index (κ3) is 6.13. The van der Waals surface area contributed by atoms with E-state index in [0.29, 0.717) is 66.0 Å². The first kappa shape index (κ1) is 34.4. The number of likely N-dealkylation sites (N-methyl/N-ethyl adjacent to an activating group) is 1. The maximum absolute atomic E-state index is 16.7. The molecule has 1 aliphatic rings. The summed E-state index contributed by atoms with van der Waals surface area (Å²) in [6.07, 6.45) is 4.59. The summed E-state index contributed by atoms with van der Waals surface area (Å²) in [7, 11) is 3.78. The van der Waals surface area contributed by atoms with Crippen LogP contribution in [-0.4, -0.2) is 99.7 Å². The minimum Gasteiger partial charge on any atom is -0.367 e. The van der Waals surface area contributed by atoms with Gasteiger partial charge in [0.25, 0.3) is 11.5 Å². The van der Waals surface area contributed by atoms with Gasteiger partial charge in [0, 0.05) is 61.8 Å². The molecule has 260 valence electrons. The number of pyridine rings is 3. The van der Waals surface area contributed by atoms with Crippen LogP contribution in [0.15, 0.2) is 54.1 Å². The first-order chi connectivity index (χ1) is 23.9. The number of benzene rings is 1. The van der Waals surface area contributed by atoms with E-state index in [1.54, 1.807) is 23.4 Å². The summed E-state index contributed by atoms with van der Waals surface area (Å²) in [4.78, 5) is 56.9. The Balaban J connectivity index is 1.72. The number of H-pyrrole nitrogens is 1. The van der Waals surface area contributed by atoms with Crippen molar-refractivity contribution in [3.63, 3.8) is 0 Å². The average Bonchev–Trinajstić information content (AvgIpc) is 3.56. The van der Waals surface area contributed by atoms with E-state index in [2.05, 4.69) is 27.1 Å². The monoisotopic (exact) mass is 679 g/mol. The lowest BCUT2D eigenvalue weighted by molar-refractivity contribution is -0.126. The summed E-state index contributed by atoms with van der Waals surface area (Å²) in [5, 5.41) is 11.0. The van der Waals surface area contributed by atoms with Gasteiger partial charge in [0.15, 0.2) is 5.65 Å². The first-order valence-corrected chi connectivity index (χ1v) is 16.7. The molecule has 1 aliphatic heterocycles. The van der Waals surface area contributed by atoms with Gasteiger partial charge in [-0.15, -0.1) is 0 Å². The zero-order valence-electron chi connectivity index (χ0n) is 29.3. The summed E-state index contributed by atoms with van der Waals surface area (Å²) >= 11 is 0. The molecule has 2 N–H and O–H groups in total. The van der Waals surface area contributed by atoms with Gasteiger partial charge >= 0.3 is 0 Å². The number of carbonyl (C=O) groups is 2. The number of amides is 2. The molecule has 0 aliphatic carbocycles. The second-order valence-electron chi connectivity index (χ2n) is 13.2. The minimum absolute atomic E-state index is 0.0540. The molecule has 0 unspecified atom stereocenters. The van der Waals surface area contributed by atoms with E-state index < -0.39 is 17.3 Å². The fraction of sp³-hybridized carbons (Fsp3) is 0.351. The number of piperazine rings is 1. The van der Waals surface area contributed by atoms with E-state index in [-0.39, 0.29) is 41.0 Å². The van der Waals surface area contributed by atoms with Crippen LogP contribution in [0.5, 0.6) is 0 Å². The SMILES string of the molecule is C=CC(=O)N1CCN(c2c(C(=O)NCCN(C)C)c(=O)n(-c3c(C)ccnc3C(C)C)c3nc(-c4c(C)ccc5[nH]ncc45)c(F)cc23)CC1. The zero-order chi connectivity index (χ0) is 35.9. The Hall–Kier alpha value is -5.43. The molecular formula is C37H42FN9O3. The number of hydrogen-bond donors (Lipinski definition) is 2. The van der Waals surface area contributed by atoms with E-state index >= 15 is 9.18 Å². The fourth-order valence-electron chi connectivity index (χ4n) is 6.67. The predicted molar refractivity (Wildman–Crippen MR) is 194 cm³/mol. The second-order valence-corrected chi connectivity index (χ2v) is 13.2. The molecule has 1 fully saturated rings. The van der Waals surface area contributed by atoms with Crippen molar-refractivity contribution in [3.05, 3.63) is 87.9 Å². The largest absolute Gasteiger partial charge is 0.367 e. The van der Waals surface area contributed by atoms with Crippen LogP contribution in [0.3, 0.4) is 0 Å². The van der Waals surface area contributed by atoms with Crippen molar-refractivity contribution in [1.82, 2.24) is 39.8 Å². The summed E-state index contributed by atoms with van der Waals surface area (Å²) in [5.74, 6) is -1.50. The Morgan fingerprint density at radius 3 is 2.50 bits per heavy atom. The average molecular weight is 680 g/mol. The lowest BCUT2D eigenvalue weighted by atomic mass is 9.99. The summed E-state index contributed by atoms with van der Waals surface area (Å²) in [6.45, 7) is 13.4. The van der Waals surface area contributed by atoms with Crippen molar-refractivity contribution in [2.45, 2.75) is 33.6 Å². The number of aromatic amines is 1. The van der Waals surface area contributed by atoms with Crippen LogP contribution >= 0.6 is 0 Å². The van der Waals surface area contributed by atoms with E-state index in [1.807, 2.05) is 63.7 Å². The van der Waals surface area contributed by atoms with Crippen molar-refractivity contribution < 1.29 is 14.0 Å². The molecule has 5 heterocycles. The Bertz CT molecular complexity index is 2200. The number of fused-ring (bicyclic) bond motifs is 2. The number of rotatable bonds is 9. The number of nitrogens with one attached hydrogen (secondary N) is 2. The highest BCUT2D eigenvalue weighted by molar-refractivity contribution is 6.08. The predicted octanol–water partition coefficient (Wildman–Crippen LogP) is 4.33. The topological polar surface area (TPSA) is 132 Å². The number of aryl methyl sites for hydroxylation is 2. The van der Waals surface area contributed by atoms with Crippen LogP contribution < -0.4 is 15.8 Å². The van der Waals surface area contributed by atoms with Gasteiger partial charge in [-0.05, 0) is 69.3 Å². The van der Waals surface area contributed by atoms with Crippen LogP contribution in [0.25, 0.3) is 38.9 Å². The number of anilines is 1. The molecule has 1 aromatic carbocycles. The van der Waals surface area contributed by atoms with Gasteiger partial charge in [-0.3, -0.25) is 29.0 Å². The normalized spacial score (nSPS) is 13.5. The Kier molecular flexibility index (Phi) is 9.52. The van der Waals surface area contributed by atoms with Crippen molar-refractivity contribution in [2.75, 3.05) is 58.3 Å². The van der Waals surface area contributed by atoms with Crippen molar-refractivity contribution >= 4 is 39.4 Å². The third-order valence-electron chi connectivity index (χ3n) is 9.22. The highest BCUT2D eigenvalue weighted by Crippen LogP contribution is 2.38. The number of aromatic nitrogens is 5. The molecule has 0 bridgehead atoms. The molecule has 4 aromatic heterocycles. The summed E-state index contributed by atoms with van der Waals surface area (Å²) in [5.41, 5.74) is 3.71. The van der Waals surface area contributed by atoms with E-state index in [1.165, 1.54) is 16.7 Å². The van der Waals surface area contributed by atoms with Crippen LogP contribution in [-0.2, 0) is 4.79 Å². The summed E-state index contributed by atoms with van der Waals surface area (Å²) < 4.78 is 18.2. The molecule has 0 radical (unpaired) electrons. The van der Waals surface area contributed by atoms with E-state index in [9.17, 15) is 9.59 Å². The van der Waals surface area contributed by atoms with Gasteiger partial charge in [0.2, 0.25) is 5.91 Å². The Morgan fingerprint density at radius 2 is 1.82 bits per heavy atom. The number of carbonyl (C=O) groups excluding carboxylic acids is 2. The van der Waals surface area contributed by atoms with E-state index in [4.69, 9.17) is 4.98 Å². The van der Waals surface area contributed by atoms with Crippen molar-refractivity contribution in [3.8, 4) is 16.9 Å². The van der Waals surface area contributed by atoms with Crippen molar-refractivity contribution in [1.29, 1.82) is 0 Å². The van der Waals surface area contributed by atoms with Crippen molar-refractivity contribution in [2.24, 2.45) is 0 Å². The lowest BCUT2D eigenvalue weighted by Gasteiger charge is -2.37. The van der Waals surface area contributed by atoms with Gasteiger partial charge in [0.1, 0.15) is 17.1 Å². The van der Waals surface area contributed by atoms with Crippen LogP contribution in [0.1, 0.15) is 46.9 Å². The Labute approximate surface area is 289 Å². The molecular weight excluding hydrogens is 637 g/mol. The van der Waals surface area contributed by atoms with Gasteiger partial charge in [-0.2, -0.15) is 5.10 Å². The van der Waals surface area contributed by atoms with Gasteiger partial charge in [-0.1, -0.05) is 26.5 Å². The molecule has 0 saturated carbocycles. The quantitative estimate of drug-likeness (QED) is 0.220. The smallest absolute Gasteiger partial charge is 0.271 e. The molecule has 1 saturated heterocycles. The number of hydrogen-bond acceptors (Lipinski definition) is 8. The molecule has 6 rings (SSSR count). The molecule has 12 nitrogen and oxygen atoms in total. The molecule has 0 spiro atoms. The highest BCUT2D eigenvalue weighted by atomic mass is 19.1. The Morgan fingerprint density at radius 1 is 1.08 bits per heavy atom. The molecule has 2 amide bonds. The highest BCUT2D eigenvalue weighted by Gasteiger charge is 2.32. The molecule has 5 aromatic rings. The lowest BCUT2D eigenvalue weighted by Crippen LogP contribution is -2.49. The van der Waals surface area contributed by atoms with Gasteiger partial charge in [0.05, 0.1) is 28.8 Å². The molecule has 0 atom stereocenters. The third-order valence-corrected chi connectivity index (χ3v) is 9.22. The fourth-order valence-corrected chi connectivity index (χ4v) is 6.67. The number of halogens is 1. The number of nitrogens with zero attached hydrogens (tertiary/aromatic N) is 7.